The molecule has 6 nitrogen and oxygen atoms in total. The molecule has 27 heavy (non-hydrogen) atoms. The van der Waals surface area contributed by atoms with Gasteiger partial charge in [0.15, 0.2) is 5.78 Å². The van der Waals surface area contributed by atoms with E-state index < -0.39 is 10.0 Å². The molecule has 0 atom stereocenters. The van der Waals surface area contributed by atoms with Crippen molar-refractivity contribution in [3.8, 4) is 5.75 Å². The third-order valence-corrected chi connectivity index (χ3v) is 6.56. The van der Waals surface area contributed by atoms with Crippen LogP contribution in [0.4, 0.5) is 5.69 Å². The number of carbonyl (C=O) groups excluding carboxylic acids is 1. The first-order valence-corrected chi connectivity index (χ1v) is 10.5. The van der Waals surface area contributed by atoms with E-state index in [9.17, 15) is 13.2 Å². The Bertz CT molecular complexity index is 902. The summed E-state index contributed by atoms with van der Waals surface area (Å²) in [6, 6.07) is 13.9. The van der Waals surface area contributed by atoms with E-state index in [0.29, 0.717) is 38.3 Å². The summed E-state index contributed by atoms with van der Waals surface area (Å²) in [6.45, 7) is 5.97. The lowest BCUT2D eigenvalue weighted by molar-refractivity contribution is 0.101. The van der Waals surface area contributed by atoms with Crippen molar-refractivity contribution in [1.29, 1.82) is 0 Å². The van der Waals surface area contributed by atoms with Gasteiger partial charge < -0.3 is 9.64 Å². The quantitative estimate of drug-likeness (QED) is 0.712. The maximum atomic E-state index is 12.9. The molecule has 1 aliphatic rings. The molecule has 1 fully saturated rings. The Labute approximate surface area is 160 Å². The highest BCUT2D eigenvalue weighted by atomic mass is 32.2. The normalized spacial score (nSPS) is 15.6. The summed E-state index contributed by atoms with van der Waals surface area (Å²) in [4.78, 5) is 13.7. The van der Waals surface area contributed by atoms with Gasteiger partial charge in [0.1, 0.15) is 5.75 Å². The van der Waals surface area contributed by atoms with Crippen molar-refractivity contribution in [3.63, 3.8) is 0 Å². The van der Waals surface area contributed by atoms with Gasteiger partial charge in [0.05, 0.1) is 17.2 Å². The second kappa shape index (κ2) is 8.10. The van der Waals surface area contributed by atoms with Gasteiger partial charge in [-0.1, -0.05) is 24.3 Å². The van der Waals surface area contributed by atoms with E-state index >= 15 is 0 Å². The lowest BCUT2D eigenvalue weighted by Crippen LogP contribution is -2.48. The van der Waals surface area contributed by atoms with Crippen molar-refractivity contribution in [2.75, 3.05) is 37.7 Å². The van der Waals surface area contributed by atoms with Crippen molar-refractivity contribution in [1.82, 2.24) is 4.31 Å². The molecule has 0 aliphatic carbocycles. The van der Waals surface area contributed by atoms with Gasteiger partial charge in [-0.05, 0) is 38.1 Å². The molecule has 2 aromatic rings. The Balaban J connectivity index is 1.72. The average molecular weight is 388 g/mol. The second-order valence-electron chi connectivity index (χ2n) is 6.37. The molecular formula is C20H24N2O4S. The smallest absolute Gasteiger partial charge is 0.243 e. The molecule has 0 saturated carbocycles. The number of hydrogen-bond donors (Lipinski definition) is 0. The fraction of sp³-hybridized carbons (Fsp3) is 0.350. The molecule has 0 radical (unpaired) electrons. The number of piperazine rings is 1. The molecule has 0 unspecified atom stereocenters. The van der Waals surface area contributed by atoms with Gasteiger partial charge in [-0.2, -0.15) is 4.31 Å². The molecular weight excluding hydrogens is 364 g/mol. The van der Waals surface area contributed by atoms with Gasteiger partial charge in [-0.25, -0.2) is 8.42 Å². The third-order valence-electron chi connectivity index (χ3n) is 4.64. The fourth-order valence-electron chi connectivity index (χ4n) is 3.18. The molecule has 0 bridgehead atoms. The van der Waals surface area contributed by atoms with Crippen LogP contribution in [0.5, 0.6) is 5.75 Å². The highest BCUT2D eigenvalue weighted by molar-refractivity contribution is 7.89. The van der Waals surface area contributed by atoms with Crippen molar-refractivity contribution >= 4 is 21.5 Å². The second-order valence-corrected chi connectivity index (χ2v) is 8.31. The van der Waals surface area contributed by atoms with Gasteiger partial charge in [0.2, 0.25) is 10.0 Å². The number of anilines is 1. The molecule has 0 amide bonds. The first-order valence-electron chi connectivity index (χ1n) is 9.01. The van der Waals surface area contributed by atoms with E-state index in [2.05, 4.69) is 4.90 Å². The minimum Gasteiger partial charge on any atom is -0.492 e. The highest BCUT2D eigenvalue weighted by Gasteiger charge is 2.29. The maximum absolute atomic E-state index is 12.9. The Hall–Kier alpha value is -2.38. The van der Waals surface area contributed by atoms with Crippen molar-refractivity contribution in [3.05, 3.63) is 54.1 Å². The Kier molecular flexibility index (Phi) is 5.82. The van der Waals surface area contributed by atoms with Crippen LogP contribution in [-0.2, 0) is 10.0 Å². The lowest BCUT2D eigenvalue weighted by Gasteiger charge is -2.36. The molecule has 1 heterocycles. The van der Waals surface area contributed by atoms with E-state index in [1.165, 1.54) is 23.4 Å². The summed E-state index contributed by atoms with van der Waals surface area (Å²) >= 11 is 0. The van der Waals surface area contributed by atoms with Gasteiger partial charge in [0, 0.05) is 31.7 Å². The molecule has 0 N–H and O–H groups in total. The number of nitrogens with zero attached hydrogens (tertiary/aromatic N) is 2. The monoisotopic (exact) mass is 388 g/mol. The van der Waals surface area contributed by atoms with Crippen LogP contribution in [0.25, 0.3) is 0 Å². The molecule has 0 spiro atoms. The number of hydrogen-bond acceptors (Lipinski definition) is 5. The molecule has 2 aromatic carbocycles. The van der Waals surface area contributed by atoms with E-state index in [0.717, 1.165) is 11.4 Å². The maximum Gasteiger partial charge on any atom is 0.243 e. The summed E-state index contributed by atoms with van der Waals surface area (Å²) in [5.74, 6) is 0.733. The van der Waals surface area contributed by atoms with Crippen LogP contribution in [0, 0.1) is 0 Å². The minimum atomic E-state index is -3.57. The minimum absolute atomic E-state index is 0.0828. The van der Waals surface area contributed by atoms with E-state index in [4.69, 9.17) is 4.74 Å². The van der Waals surface area contributed by atoms with Crippen molar-refractivity contribution < 1.29 is 17.9 Å². The number of Topliss-reactive ketones (excluding diaryl/α,β-unsaturated/α-hetero) is 1. The Morgan fingerprint density at radius 3 is 2.22 bits per heavy atom. The predicted octanol–water partition coefficient (Wildman–Crippen LogP) is 2.80. The Morgan fingerprint density at radius 2 is 1.63 bits per heavy atom. The van der Waals surface area contributed by atoms with Gasteiger partial charge in [0.25, 0.3) is 0 Å². The molecule has 144 valence electrons. The van der Waals surface area contributed by atoms with E-state index in [-0.39, 0.29) is 10.7 Å². The molecule has 7 heteroatoms. The summed E-state index contributed by atoms with van der Waals surface area (Å²) in [7, 11) is -3.57. The number of ether oxygens (including phenoxy) is 1. The number of rotatable bonds is 6. The number of carbonyl (C=O) groups is 1. The van der Waals surface area contributed by atoms with Crippen LogP contribution >= 0.6 is 0 Å². The van der Waals surface area contributed by atoms with Crippen LogP contribution in [0.2, 0.25) is 0 Å². The summed E-state index contributed by atoms with van der Waals surface area (Å²) in [5.41, 5.74) is 1.49. The van der Waals surface area contributed by atoms with Crippen LogP contribution in [0.3, 0.4) is 0 Å². The van der Waals surface area contributed by atoms with Crippen LogP contribution in [0.15, 0.2) is 53.4 Å². The SMILES string of the molecule is CCOc1ccccc1N1CCN(S(=O)(=O)c2ccc(C(C)=O)cc2)CC1. The third kappa shape index (κ3) is 4.14. The van der Waals surface area contributed by atoms with Gasteiger partial charge >= 0.3 is 0 Å². The zero-order valence-electron chi connectivity index (χ0n) is 15.6. The molecule has 0 aromatic heterocycles. The van der Waals surface area contributed by atoms with E-state index in [1.54, 1.807) is 12.1 Å². The summed E-state index contributed by atoms with van der Waals surface area (Å²) in [6.07, 6.45) is 0. The molecule has 3 rings (SSSR count). The number of benzene rings is 2. The number of sulfonamides is 1. The fourth-order valence-corrected chi connectivity index (χ4v) is 4.60. The first-order chi connectivity index (χ1) is 12.9. The van der Waals surface area contributed by atoms with Gasteiger partial charge in [-0.3, -0.25) is 4.79 Å². The molecule has 1 saturated heterocycles. The number of para-hydroxylation sites is 2. The van der Waals surface area contributed by atoms with Crippen LogP contribution < -0.4 is 9.64 Å². The standard InChI is InChI=1S/C20H24N2O4S/c1-3-26-20-7-5-4-6-19(20)21-12-14-22(15-13-21)27(24,25)18-10-8-17(9-11-18)16(2)23/h4-11H,3,12-15H2,1-2H3. The average Bonchev–Trinajstić information content (AvgIpc) is 2.69. The van der Waals surface area contributed by atoms with E-state index in [1.807, 2.05) is 31.2 Å². The number of ketones is 1. The highest BCUT2D eigenvalue weighted by Crippen LogP contribution is 2.29. The molecule has 1 aliphatic heterocycles. The zero-order chi connectivity index (χ0) is 19.4. The van der Waals surface area contributed by atoms with Crippen LogP contribution in [-0.4, -0.2) is 51.3 Å². The summed E-state index contributed by atoms with van der Waals surface area (Å²) < 4.78 is 32.9. The first kappa shape index (κ1) is 19.4. The largest absolute Gasteiger partial charge is 0.492 e. The summed E-state index contributed by atoms with van der Waals surface area (Å²) in [5, 5.41) is 0. The predicted molar refractivity (Wildman–Crippen MR) is 105 cm³/mol. The van der Waals surface area contributed by atoms with Crippen molar-refractivity contribution in [2.24, 2.45) is 0 Å². The van der Waals surface area contributed by atoms with Crippen molar-refractivity contribution in [2.45, 2.75) is 18.7 Å². The van der Waals surface area contributed by atoms with Crippen LogP contribution in [0.1, 0.15) is 24.2 Å². The Morgan fingerprint density at radius 1 is 1.00 bits per heavy atom. The topological polar surface area (TPSA) is 66.9 Å². The van der Waals surface area contributed by atoms with Gasteiger partial charge in [-0.15, -0.1) is 0 Å². The lowest BCUT2D eigenvalue weighted by atomic mass is 10.2. The zero-order valence-corrected chi connectivity index (χ0v) is 16.4.